The summed E-state index contributed by atoms with van der Waals surface area (Å²) in [6.45, 7) is 3.94. The Hall–Kier alpha value is -2.42. The van der Waals surface area contributed by atoms with E-state index in [0.29, 0.717) is 23.0 Å². The molecule has 2 aromatic rings. The number of methoxy groups -OCH3 is 1. The molecule has 29 heavy (non-hydrogen) atoms. The van der Waals surface area contributed by atoms with Gasteiger partial charge in [-0.3, -0.25) is 9.36 Å². The zero-order chi connectivity index (χ0) is 21.0. The molecular weight excluding hydrogens is 395 g/mol. The Morgan fingerprint density at radius 2 is 2.03 bits per heavy atom. The van der Waals surface area contributed by atoms with Crippen LogP contribution in [0.3, 0.4) is 0 Å². The summed E-state index contributed by atoms with van der Waals surface area (Å²) < 4.78 is 20.9. The lowest BCUT2D eigenvalue weighted by Crippen LogP contribution is -2.43. The highest BCUT2D eigenvalue weighted by atomic mass is 32.2. The first-order valence-electron chi connectivity index (χ1n) is 9.60. The van der Waals surface area contributed by atoms with E-state index < -0.39 is 12.0 Å². The van der Waals surface area contributed by atoms with Crippen LogP contribution in [0.25, 0.3) is 11.4 Å². The molecule has 1 heterocycles. The molecule has 1 aromatic carbocycles. The van der Waals surface area contributed by atoms with Gasteiger partial charge in [0.25, 0.3) is 0 Å². The molecule has 1 aromatic heterocycles. The monoisotopic (exact) mass is 420 g/mol. The third kappa shape index (κ3) is 5.35. The third-order valence-electron chi connectivity index (χ3n) is 4.55. The zero-order valence-corrected chi connectivity index (χ0v) is 17.5. The lowest BCUT2D eigenvalue weighted by molar-refractivity contribution is -0.145. The molecular formula is C20H25FN4O3S. The zero-order valence-electron chi connectivity index (χ0n) is 16.7. The van der Waals surface area contributed by atoms with E-state index in [2.05, 4.69) is 15.5 Å². The minimum Gasteiger partial charge on any atom is -0.467 e. The van der Waals surface area contributed by atoms with Crippen LogP contribution in [0.2, 0.25) is 0 Å². The van der Waals surface area contributed by atoms with Gasteiger partial charge < -0.3 is 10.1 Å². The molecule has 0 spiro atoms. The van der Waals surface area contributed by atoms with Gasteiger partial charge in [-0.15, -0.1) is 10.2 Å². The van der Waals surface area contributed by atoms with E-state index >= 15 is 0 Å². The standard InChI is InChI=1S/C20H25FN4O3S/c1-12(2)10-16(19(27)28-3)22-17(26)11-29-20-24-23-18(25(20)13-8-9-13)14-6-4-5-7-15(14)21/h4-7,12-13,16H,8-11H2,1-3H3,(H,22,26)/t16-/m1/s1. The van der Waals surface area contributed by atoms with E-state index in [1.54, 1.807) is 18.2 Å². The molecule has 1 saturated carbocycles. The first-order chi connectivity index (χ1) is 13.9. The van der Waals surface area contributed by atoms with Gasteiger partial charge in [-0.05, 0) is 37.3 Å². The lowest BCUT2D eigenvalue weighted by atomic mass is 10.0. The second-order valence-corrected chi connectivity index (χ2v) is 8.39. The molecule has 0 unspecified atom stereocenters. The fourth-order valence-corrected chi connectivity index (χ4v) is 3.87. The summed E-state index contributed by atoms with van der Waals surface area (Å²) in [6.07, 6.45) is 2.44. The SMILES string of the molecule is COC(=O)[C@@H](CC(C)C)NC(=O)CSc1nnc(-c2ccccc2F)n1C1CC1. The van der Waals surface area contributed by atoms with Gasteiger partial charge in [0.1, 0.15) is 11.9 Å². The van der Waals surface area contributed by atoms with E-state index in [4.69, 9.17) is 4.74 Å². The minimum absolute atomic E-state index is 0.0771. The van der Waals surface area contributed by atoms with Gasteiger partial charge in [-0.2, -0.15) is 0 Å². The quantitative estimate of drug-likeness (QED) is 0.495. The van der Waals surface area contributed by atoms with Gasteiger partial charge in [0.2, 0.25) is 5.91 Å². The summed E-state index contributed by atoms with van der Waals surface area (Å²) in [4.78, 5) is 24.3. The van der Waals surface area contributed by atoms with Crippen molar-refractivity contribution in [2.75, 3.05) is 12.9 Å². The van der Waals surface area contributed by atoms with Crippen molar-refractivity contribution in [3.05, 3.63) is 30.1 Å². The van der Waals surface area contributed by atoms with Gasteiger partial charge in [0, 0.05) is 6.04 Å². The van der Waals surface area contributed by atoms with Crippen molar-refractivity contribution in [2.45, 2.75) is 50.4 Å². The van der Waals surface area contributed by atoms with Crippen LogP contribution in [0, 0.1) is 11.7 Å². The van der Waals surface area contributed by atoms with Gasteiger partial charge in [0.15, 0.2) is 11.0 Å². The summed E-state index contributed by atoms with van der Waals surface area (Å²) in [7, 11) is 1.30. The van der Waals surface area contributed by atoms with Crippen molar-refractivity contribution in [1.82, 2.24) is 20.1 Å². The Kier molecular flexibility index (Phi) is 6.89. The molecule has 1 fully saturated rings. The fraction of sp³-hybridized carbons (Fsp3) is 0.500. The van der Waals surface area contributed by atoms with E-state index in [1.165, 1.54) is 24.9 Å². The van der Waals surface area contributed by atoms with Crippen LogP contribution in [0.15, 0.2) is 29.4 Å². The third-order valence-corrected chi connectivity index (χ3v) is 5.49. The number of aromatic nitrogens is 3. The van der Waals surface area contributed by atoms with E-state index in [1.807, 2.05) is 18.4 Å². The number of ether oxygens (including phenoxy) is 1. The van der Waals surface area contributed by atoms with E-state index in [0.717, 1.165) is 12.8 Å². The largest absolute Gasteiger partial charge is 0.467 e. The number of hydrogen-bond acceptors (Lipinski definition) is 6. The van der Waals surface area contributed by atoms with Crippen molar-refractivity contribution in [3.63, 3.8) is 0 Å². The van der Waals surface area contributed by atoms with Crippen LogP contribution in [0.1, 0.15) is 39.2 Å². The summed E-state index contributed by atoms with van der Waals surface area (Å²) in [5.41, 5.74) is 0.394. The Labute approximate surface area is 173 Å². The maximum Gasteiger partial charge on any atom is 0.328 e. The minimum atomic E-state index is -0.677. The number of amides is 1. The Balaban J connectivity index is 1.70. The molecule has 0 bridgehead atoms. The number of rotatable bonds is 9. The maximum atomic E-state index is 14.2. The van der Waals surface area contributed by atoms with Crippen LogP contribution >= 0.6 is 11.8 Å². The molecule has 1 N–H and O–H groups in total. The summed E-state index contributed by atoms with van der Waals surface area (Å²) in [5.74, 6) is -0.322. The molecule has 0 aliphatic heterocycles. The number of nitrogens with one attached hydrogen (secondary N) is 1. The molecule has 1 aliphatic carbocycles. The number of benzene rings is 1. The normalized spacial score (nSPS) is 14.7. The molecule has 1 aliphatic rings. The Bertz CT molecular complexity index is 882. The summed E-state index contributed by atoms with van der Waals surface area (Å²) >= 11 is 1.23. The number of hydrogen-bond donors (Lipinski definition) is 1. The molecule has 1 atom stereocenters. The number of carbonyl (C=O) groups is 2. The molecule has 0 radical (unpaired) electrons. The number of halogens is 1. The van der Waals surface area contributed by atoms with Gasteiger partial charge >= 0.3 is 5.97 Å². The first kappa shape index (κ1) is 21.3. The molecule has 9 heteroatoms. The maximum absolute atomic E-state index is 14.2. The number of thioether (sulfide) groups is 1. The number of esters is 1. The van der Waals surface area contributed by atoms with Crippen LogP contribution in [-0.4, -0.2) is 45.5 Å². The first-order valence-corrected chi connectivity index (χ1v) is 10.6. The molecule has 7 nitrogen and oxygen atoms in total. The average Bonchev–Trinajstić information content (AvgIpc) is 3.44. The molecule has 156 valence electrons. The second-order valence-electron chi connectivity index (χ2n) is 7.45. The smallest absolute Gasteiger partial charge is 0.328 e. The molecule has 3 rings (SSSR count). The van der Waals surface area contributed by atoms with Crippen molar-refractivity contribution in [1.29, 1.82) is 0 Å². The van der Waals surface area contributed by atoms with Crippen molar-refractivity contribution in [2.24, 2.45) is 5.92 Å². The molecule has 1 amide bonds. The van der Waals surface area contributed by atoms with Crippen LogP contribution < -0.4 is 5.32 Å². The second kappa shape index (κ2) is 9.39. The van der Waals surface area contributed by atoms with Gasteiger partial charge in [-0.1, -0.05) is 37.7 Å². The lowest BCUT2D eigenvalue weighted by Gasteiger charge is -2.18. The number of nitrogens with zero attached hydrogens (tertiary/aromatic N) is 3. The topological polar surface area (TPSA) is 86.1 Å². The van der Waals surface area contributed by atoms with Crippen molar-refractivity contribution in [3.8, 4) is 11.4 Å². The highest BCUT2D eigenvalue weighted by Crippen LogP contribution is 2.41. The molecule has 0 saturated heterocycles. The highest BCUT2D eigenvalue weighted by Gasteiger charge is 2.31. The van der Waals surface area contributed by atoms with E-state index in [-0.39, 0.29) is 29.4 Å². The summed E-state index contributed by atoms with van der Waals surface area (Å²) in [5, 5.41) is 11.7. The number of carbonyl (C=O) groups excluding carboxylic acids is 2. The Morgan fingerprint density at radius 3 is 2.66 bits per heavy atom. The Morgan fingerprint density at radius 1 is 1.31 bits per heavy atom. The predicted molar refractivity (Wildman–Crippen MR) is 108 cm³/mol. The van der Waals surface area contributed by atoms with Crippen LogP contribution in [0.5, 0.6) is 0 Å². The summed E-state index contributed by atoms with van der Waals surface area (Å²) in [6, 6.07) is 5.99. The fourth-order valence-electron chi connectivity index (χ4n) is 3.06. The van der Waals surface area contributed by atoms with Gasteiger partial charge in [-0.25, -0.2) is 9.18 Å². The predicted octanol–water partition coefficient (Wildman–Crippen LogP) is 3.22. The van der Waals surface area contributed by atoms with Crippen LogP contribution in [-0.2, 0) is 14.3 Å². The van der Waals surface area contributed by atoms with Crippen molar-refractivity contribution < 1.29 is 18.7 Å². The highest BCUT2D eigenvalue weighted by molar-refractivity contribution is 7.99. The van der Waals surface area contributed by atoms with Gasteiger partial charge in [0.05, 0.1) is 18.4 Å². The average molecular weight is 421 g/mol. The van der Waals surface area contributed by atoms with Crippen LogP contribution in [0.4, 0.5) is 4.39 Å². The van der Waals surface area contributed by atoms with Crippen molar-refractivity contribution >= 4 is 23.6 Å². The van der Waals surface area contributed by atoms with E-state index in [9.17, 15) is 14.0 Å².